The lowest BCUT2D eigenvalue weighted by Crippen LogP contribution is -2.57. The van der Waals surface area contributed by atoms with Crippen LogP contribution in [0.25, 0.3) is 0 Å². The Hall–Kier alpha value is -1.21. The highest BCUT2D eigenvalue weighted by Gasteiger charge is 2.48. The lowest BCUT2D eigenvalue weighted by molar-refractivity contribution is -0.488. The highest BCUT2D eigenvalue weighted by molar-refractivity contribution is 5.80. The van der Waals surface area contributed by atoms with Gasteiger partial charge in [-0.2, -0.15) is 0 Å². The quantitative estimate of drug-likeness (QED) is 0.500. The number of rotatable bonds is 8. The molecule has 0 bridgehead atoms. The maximum atomic E-state index is 12.9. The van der Waals surface area contributed by atoms with Crippen LogP contribution in [-0.2, 0) is 9.53 Å². The van der Waals surface area contributed by atoms with Crippen molar-refractivity contribution in [1.82, 2.24) is 10.0 Å². The fourth-order valence-electron chi connectivity index (χ4n) is 4.55. The van der Waals surface area contributed by atoms with Crippen molar-refractivity contribution in [3.05, 3.63) is 10.1 Å². The Labute approximate surface area is 144 Å². The highest BCUT2D eigenvalue weighted by Crippen LogP contribution is 2.38. The van der Waals surface area contributed by atoms with Gasteiger partial charge in [-0.1, -0.05) is 20.8 Å². The number of nitrogens with zero attached hydrogens (tertiary/aromatic N) is 3. The highest BCUT2D eigenvalue weighted by atomic mass is 16.6. The maximum absolute atomic E-state index is 12.9. The molecule has 7 heteroatoms. The molecule has 3 atom stereocenters. The summed E-state index contributed by atoms with van der Waals surface area (Å²) < 4.78 is 5.90. The molecule has 2 aliphatic rings. The van der Waals surface area contributed by atoms with E-state index >= 15 is 0 Å². The first-order valence-corrected chi connectivity index (χ1v) is 9.15. The van der Waals surface area contributed by atoms with Crippen molar-refractivity contribution in [2.75, 3.05) is 26.7 Å². The first kappa shape index (κ1) is 19.1. The standard InChI is InChI=1S/C17H31N3O4/c1-5-17(6-2,24-4)15-8-7-10-18(15)19-11-9-14(16(19)21)13(3)12-20(22)23/h13-15H,5-12H2,1-4H3/t13-,14-,15+/m1/s1. The average Bonchev–Trinajstić information content (AvgIpc) is 3.16. The van der Waals surface area contributed by atoms with Crippen molar-refractivity contribution >= 4 is 5.91 Å². The number of hydrogen-bond donors (Lipinski definition) is 0. The van der Waals surface area contributed by atoms with Crippen LogP contribution in [0, 0.1) is 22.0 Å². The van der Waals surface area contributed by atoms with E-state index in [0.29, 0.717) is 13.0 Å². The van der Waals surface area contributed by atoms with Crippen LogP contribution in [-0.4, -0.2) is 59.2 Å². The van der Waals surface area contributed by atoms with Gasteiger partial charge < -0.3 is 4.74 Å². The zero-order valence-electron chi connectivity index (χ0n) is 15.4. The minimum atomic E-state index is -0.316. The monoisotopic (exact) mass is 341 g/mol. The third-order valence-electron chi connectivity index (χ3n) is 6.09. The number of nitro groups is 1. The molecule has 2 aliphatic heterocycles. The molecule has 0 aliphatic carbocycles. The van der Waals surface area contributed by atoms with Crippen LogP contribution in [0.5, 0.6) is 0 Å². The Bertz CT molecular complexity index is 458. The van der Waals surface area contributed by atoms with Crippen molar-refractivity contribution in [3.8, 4) is 0 Å². The molecule has 7 nitrogen and oxygen atoms in total. The van der Waals surface area contributed by atoms with Crippen molar-refractivity contribution in [3.63, 3.8) is 0 Å². The van der Waals surface area contributed by atoms with E-state index < -0.39 is 0 Å². The molecule has 2 rings (SSSR count). The molecule has 0 radical (unpaired) electrons. The zero-order chi connectivity index (χ0) is 17.9. The summed E-state index contributed by atoms with van der Waals surface area (Å²) in [4.78, 5) is 23.3. The molecule has 2 saturated heterocycles. The maximum Gasteiger partial charge on any atom is 0.240 e. The topological polar surface area (TPSA) is 75.9 Å². The van der Waals surface area contributed by atoms with E-state index in [1.54, 1.807) is 7.11 Å². The van der Waals surface area contributed by atoms with E-state index in [-0.39, 0.29) is 40.9 Å². The van der Waals surface area contributed by atoms with Crippen molar-refractivity contribution < 1.29 is 14.5 Å². The van der Waals surface area contributed by atoms with Gasteiger partial charge in [0.25, 0.3) is 0 Å². The van der Waals surface area contributed by atoms with Crippen LogP contribution in [0.15, 0.2) is 0 Å². The van der Waals surface area contributed by atoms with E-state index in [4.69, 9.17) is 4.74 Å². The summed E-state index contributed by atoms with van der Waals surface area (Å²) in [5, 5.41) is 14.8. The summed E-state index contributed by atoms with van der Waals surface area (Å²) in [6.07, 6.45) is 4.59. The smallest absolute Gasteiger partial charge is 0.240 e. The molecule has 138 valence electrons. The van der Waals surface area contributed by atoms with E-state index in [1.165, 1.54) is 0 Å². The minimum absolute atomic E-state index is 0.0495. The molecule has 0 aromatic carbocycles. The van der Waals surface area contributed by atoms with Crippen LogP contribution in [0.1, 0.15) is 52.9 Å². The number of carbonyl (C=O) groups is 1. The first-order valence-electron chi connectivity index (χ1n) is 9.15. The van der Waals surface area contributed by atoms with Crippen LogP contribution < -0.4 is 0 Å². The molecule has 0 spiro atoms. The van der Waals surface area contributed by atoms with Crippen LogP contribution in [0.4, 0.5) is 0 Å². The second kappa shape index (κ2) is 7.78. The Morgan fingerprint density at radius 2 is 2.00 bits per heavy atom. The molecular weight excluding hydrogens is 310 g/mol. The summed E-state index contributed by atoms with van der Waals surface area (Å²) in [6, 6.07) is 0.200. The Balaban J connectivity index is 2.13. The second-order valence-corrected chi connectivity index (χ2v) is 7.15. The Kier molecular flexibility index (Phi) is 6.20. The molecule has 0 saturated carbocycles. The number of amides is 1. The Morgan fingerprint density at radius 3 is 2.54 bits per heavy atom. The molecule has 24 heavy (non-hydrogen) atoms. The number of hydrazine groups is 1. The fraction of sp³-hybridized carbons (Fsp3) is 0.941. The van der Waals surface area contributed by atoms with Gasteiger partial charge in [0.2, 0.25) is 12.5 Å². The average molecular weight is 341 g/mol. The van der Waals surface area contributed by atoms with Gasteiger partial charge in [0.1, 0.15) is 0 Å². The molecule has 2 heterocycles. The third kappa shape index (κ3) is 3.42. The van der Waals surface area contributed by atoms with Crippen LogP contribution >= 0.6 is 0 Å². The molecule has 0 N–H and O–H groups in total. The second-order valence-electron chi connectivity index (χ2n) is 7.15. The van der Waals surface area contributed by atoms with Crippen molar-refractivity contribution in [2.45, 2.75) is 64.5 Å². The largest absolute Gasteiger partial charge is 0.377 e. The molecular formula is C17H31N3O4. The molecule has 0 aromatic rings. The molecule has 0 unspecified atom stereocenters. The summed E-state index contributed by atoms with van der Waals surface area (Å²) in [7, 11) is 1.76. The molecule has 1 amide bonds. The SMILES string of the molecule is CCC(CC)(OC)[C@@H]1CCCN1N1CC[C@H]([C@H](C)C[N+](=O)[O-])C1=O. The molecule has 2 fully saturated rings. The van der Waals surface area contributed by atoms with Gasteiger partial charge >= 0.3 is 0 Å². The number of carbonyl (C=O) groups excluding carboxylic acids is 1. The molecule has 0 aromatic heterocycles. The normalized spacial score (nSPS) is 27.0. The predicted octanol–water partition coefficient (Wildman–Crippen LogP) is 2.33. The van der Waals surface area contributed by atoms with Gasteiger partial charge in [-0.05, 0) is 32.1 Å². The predicted molar refractivity (Wildman–Crippen MR) is 90.9 cm³/mol. The van der Waals surface area contributed by atoms with Gasteiger partial charge in [-0.3, -0.25) is 19.9 Å². The minimum Gasteiger partial charge on any atom is -0.377 e. The lowest BCUT2D eigenvalue weighted by atomic mass is 9.87. The van der Waals surface area contributed by atoms with E-state index in [0.717, 1.165) is 32.2 Å². The van der Waals surface area contributed by atoms with Gasteiger partial charge in [-0.15, -0.1) is 0 Å². The Morgan fingerprint density at radius 1 is 1.33 bits per heavy atom. The van der Waals surface area contributed by atoms with E-state index in [9.17, 15) is 14.9 Å². The van der Waals surface area contributed by atoms with E-state index in [1.807, 2.05) is 11.9 Å². The third-order valence-corrected chi connectivity index (χ3v) is 6.09. The van der Waals surface area contributed by atoms with Gasteiger partial charge in [0.05, 0.1) is 17.6 Å². The number of ether oxygens (including phenoxy) is 1. The summed E-state index contributed by atoms with van der Waals surface area (Å²) in [5.41, 5.74) is -0.235. The first-order chi connectivity index (χ1) is 11.4. The van der Waals surface area contributed by atoms with Crippen LogP contribution in [0.2, 0.25) is 0 Å². The summed E-state index contributed by atoms with van der Waals surface area (Å²) >= 11 is 0. The van der Waals surface area contributed by atoms with Gasteiger partial charge in [0, 0.05) is 31.0 Å². The van der Waals surface area contributed by atoms with Crippen LogP contribution in [0.3, 0.4) is 0 Å². The van der Waals surface area contributed by atoms with Crippen molar-refractivity contribution in [2.24, 2.45) is 11.8 Å². The van der Waals surface area contributed by atoms with Crippen molar-refractivity contribution in [1.29, 1.82) is 0 Å². The van der Waals surface area contributed by atoms with Gasteiger partial charge in [-0.25, -0.2) is 5.01 Å². The van der Waals surface area contributed by atoms with E-state index in [2.05, 4.69) is 18.9 Å². The van der Waals surface area contributed by atoms with Gasteiger partial charge in [0.15, 0.2) is 0 Å². The zero-order valence-corrected chi connectivity index (χ0v) is 15.4. The lowest BCUT2D eigenvalue weighted by Gasteiger charge is -2.44. The summed E-state index contributed by atoms with van der Waals surface area (Å²) in [5.74, 6) is -0.409. The number of hydrogen-bond acceptors (Lipinski definition) is 5. The fourth-order valence-corrected chi connectivity index (χ4v) is 4.55. The summed E-state index contributed by atoms with van der Waals surface area (Å²) in [6.45, 7) is 7.47. The number of methoxy groups -OCH3 is 1.